The van der Waals surface area contributed by atoms with Crippen molar-refractivity contribution >= 4 is 34.1 Å². The maximum atomic E-state index is 13.1. The molecule has 0 radical (unpaired) electrons. The van der Waals surface area contributed by atoms with E-state index in [0.29, 0.717) is 23.5 Å². The zero-order valence-electron chi connectivity index (χ0n) is 17.0. The predicted molar refractivity (Wildman–Crippen MR) is 121 cm³/mol. The van der Waals surface area contributed by atoms with E-state index < -0.39 is 0 Å². The van der Waals surface area contributed by atoms with Crippen LogP contribution in [0.4, 0.5) is 11.4 Å². The molecule has 0 atom stereocenters. The number of hydrogen-bond donors (Lipinski definition) is 2. The van der Waals surface area contributed by atoms with Crippen molar-refractivity contribution in [2.45, 2.75) is 20.4 Å². The van der Waals surface area contributed by atoms with Gasteiger partial charge in [-0.05, 0) is 55.8 Å². The van der Waals surface area contributed by atoms with Crippen LogP contribution in [0.15, 0.2) is 78.9 Å². The van der Waals surface area contributed by atoms with Gasteiger partial charge in [0.25, 0.3) is 11.8 Å². The highest BCUT2D eigenvalue weighted by Crippen LogP contribution is 2.24. The van der Waals surface area contributed by atoms with Gasteiger partial charge in [-0.2, -0.15) is 0 Å². The van der Waals surface area contributed by atoms with Gasteiger partial charge in [0.2, 0.25) is 0 Å². The van der Waals surface area contributed by atoms with Gasteiger partial charge in [-0.1, -0.05) is 42.5 Å². The van der Waals surface area contributed by atoms with E-state index in [2.05, 4.69) is 10.6 Å². The first kappa shape index (κ1) is 19.5. The lowest BCUT2D eigenvalue weighted by Gasteiger charge is -2.14. The molecule has 0 aliphatic heterocycles. The molecule has 4 aromatic rings. The van der Waals surface area contributed by atoms with Crippen LogP contribution >= 0.6 is 0 Å². The third-order valence-corrected chi connectivity index (χ3v) is 5.22. The standard InChI is InChI=1S/C25H23N3O2/c1-3-28-22-15-8-7-10-18(22)16-23(28)25(30)27-21-14-9-13-20(17(21)2)24(29)26-19-11-5-4-6-12-19/h4-16H,3H2,1-2H3,(H,26,29)(H,27,30). The molecule has 5 nitrogen and oxygen atoms in total. The van der Waals surface area contributed by atoms with Crippen LogP contribution < -0.4 is 10.6 Å². The number of nitrogens with zero attached hydrogens (tertiary/aromatic N) is 1. The second-order valence-corrected chi connectivity index (χ2v) is 7.09. The van der Waals surface area contributed by atoms with E-state index in [0.717, 1.165) is 22.2 Å². The summed E-state index contributed by atoms with van der Waals surface area (Å²) in [5.41, 5.74) is 4.21. The molecule has 0 aliphatic rings. The summed E-state index contributed by atoms with van der Waals surface area (Å²) in [6, 6.07) is 24.5. The third-order valence-electron chi connectivity index (χ3n) is 5.22. The summed E-state index contributed by atoms with van der Waals surface area (Å²) in [6.45, 7) is 4.54. The summed E-state index contributed by atoms with van der Waals surface area (Å²) in [7, 11) is 0. The Morgan fingerprint density at radius 3 is 2.33 bits per heavy atom. The Bertz CT molecular complexity index is 1230. The summed E-state index contributed by atoms with van der Waals surface area (Å²) < 4.78 is 1.99. The molecule has 0 fully saturated rings. The van der Waals surface area contributed by atoms with Crippen molar-refractivity contribution in [3.05, 3.63) is 95.7 Å². The number of amides is 2. The molecule has 0 aliphatic carbocycles. The van der Waals surface area contributed by atoms with Crippen LogP contribution in [0, 0.1) is 6.92 Å². The maximum Gasteiger partial charge on any atom is 0.272 e. The monoisotopic (exact) mass is 397 g/mol. The summed E-state index contributed by atoms with van der Waals surface area (Å²) >= 11 is 0. The van der Waals surface area contributed by atoms with E-state index in [-0.39, 0.29) is 11.8 Å². The molecule has 0 spiro atoms. The van der Waals surface area contributed by atoms with E-state index >= 15 is 0 Å². The largest absolute Gasteiger partial charge is 0.337 e. The lowest BCUT2D eigenvalue weighted by molar-refractivity contribution is 0.101. The van der Waals surface area contributed by atoms with Gasteiger partial charge < -0.3 is 15.2 Å². The fourth-order valence-electron chi connectivity index (χ4n) is 3.66. The number of para-hydroxylation sites is 2. The molecular weight excluding hydrogens is 374 g/mol. The Labute approximate surface area is 175 Å². The minimum atomic E-state index is -0.211. The van der Waals surface area contributed by atoms with Gasteiger partial charge in [-0.25, -0.2) is 0 Å². The number of benzene rings is 3. The number of carbonyl (C=O) groups excluding carboxylic acids is 2. The molecule has 0 saturated heterocycles. The zero-order chi connectivity index (χ0) is 21.1. The van der Waals surface area contributed by atoms with Gasteiger partial charge >= 0.3 is 0 Å². The average Bonchev–Trinajstić information content (AvgIpc) is 3.14. The first-order valence-electron chi connectivity index (χ1n) is 9.94. The minimum absolute atomic E-state index is 0.197. The number of carbonyl (C=O) groups is 2. The van der Waals surface area contributed by atoms with E-state index in [1.165, 1.54) is 0 Å². The lowest BCUT2D eigenvalue weighted by Crippen LogP contribution is -2.19. The zero-order valence-corrected chi connectivity index (χ0v) is 17.0. The van der Waals surface area contributed by atoms with E-state index in [1.54, 1.807) is 12.1 Å². The number of aryl methyl sites for hydroxylation is 1. The van der Waals surface area contributed by atoms with Crippen LogP contribution in [0.5, 0.6) is 0 Å². The molecule has 1 heterocycles. The Hall–Kier alpha value is -3.86. The van der Waals surface area contributed by atoms with Gasteiger partial charge in [-0.3, -0.25) is 9.59 Å². The second-order valence-electron chi connectivity index (χ2n) is 7.09. The van der Waals surface area contributed by atoms with Crippen molar-refractivity contribution in [2.24, 2.45) is 0 Å². The molecular formula is C25H23N3O2. The van der Waals surface area contributed by atoms with E-state index in [1.807, 2.05) is 85.1 Å². The predicted octanol–water partition coefficient (Wildman–Crippen LogP) is 5.47. The number of anilines is 2. The molecule has 1 aromatic heterocycles. The van der Waals surface area contributed by atoms with Gasteiger partial charge in [0.15, 0.2) is 0 Å². The van der Waals surface area contributed by atoms with Crippen molar-refractivity contribution in [2.75, 3.05) is 10.6 Å². The molecule has 3 aromatic carbocycles. The van der Waals surface area contributed by atoms with Crippen LogP contribution in [0.1, 0.15) is 33.3 Å². The van der Waals surface area contributed by atoms with Gasteiger partial charge in [0, 0.05) is 34.4 Å². The molecule has 2 N–H and O–H groups in total. The summed E-state index contributed by atoms with van der Waals surface area (Å²) in [6.07, 6.45) is 0. The van der Waals surface area contributed by atoms with Crippen molar-refractivity contribution < 1.29 is 9.59 Å². The summed E-state index contributed by atoms with van der Waals surface area (Å²) in [4.78, 5) is 25.8. The number of hydrogen-bond acceptors (Lipinski definition) is 2. The Kier molecular flexibility index (Phi) is 5.35. The van der Waals surface area contributed by atoms with Crippen LogP contribution in [-0.4, -0.2) is 16.4 Å². The highest BCUT2D eigenvalue weighted by atomic mass is 16.2. The van der Waals surface area contributed by atoms with Crippen LogP contribution in [0.25, 0.3) is 10.9 Å². The molecule has 0 saturated carbocycles. The van der Waals surface area contributed by atoms with Gasteiger partial charge in [-0.15, -0.1) is 0 Å². The normalized spacial score (nSPS) is 10.7. The Morgan fingerprint density at radius 1 is 0.833 bits per heavy atom. The molecule has 150 valence electrons. The lowest BCUT2D eigenvalue weighted by atomic mass is 10.1. The summed E-state index contributed by atoms with van der Waals surface area (Å²) in [5, 5.41) is 6.90. The molecule has 0 unspecified atom stereocenters. The highest BCUT2D eigenvalue weighted by Gasteiger charge is 2.17. The smallest absolute Gasteiger partial charge is 0.272 e. The van der Waals surface area contributed by atoms with Crippen molar-refractivity contribution in [3.8, 4) is 0 Å². The topological polar surface area (TPSA) is 63.1 Å². The highest BCUT2D eigenvalue weighted by molar-refractivity contribution is 6.09. The number of aromatic nitrogens is 1. The Morgan fingerprint density at radius 2 is 1.57 bits per heavy atom. The SMILES string of the molecule is CCn1c(C(=O)Nc2cccc(C(=O)Nc3ccccc3)c2C)cc2ccccc21. The van der Waals surface area contributed by atoms with Gasteiger partial charge in [0.05, 0.1) is 0 Å². The van der Waals surface area contributed by atoms with Crippen LogP contribution in [0.3, 0.4) is 0 Å². The minimum Gasteiger partial charge on any atom is -0.337 e. The quantitative estimate of drug-likeness (QED) is 0.469. The van der Waals surface area contributed by atoms with Crippen molar-refractivity contribution in [3.63, 3.8) is 0 Å². The summed E-state index contributed by atoms with van der Waals surface area (Å²) in [5.74, 6) is -0.408. The fraction of sp³-hybridized carbons (Fsp3) is 0.120. The first-order chi connectivity index (χ1) is 14.6. The fourth-order valence-corrected chi connectivity index (χ4v) is 3.66. The average molecular weight is 397 g/mol. The van der Waals surface area contributed by atoms with Crippen molar-refractivity contribution in [1.82, 2.24) is 4.57 Å². The first-order valence-corrected chi connectivity index (χ1v) is 9.94. The molecule has 5 heteroatoms. The van der Waals surface area contributed by atoms with Crippen LogP contribution in [-0.2, 0) is 6.54 Å². The van der Waals surface area contributed by atoms with Gasteiger partial charge in [0.1, 0.15) is 5.69 Å². The van der Waals surface area contributed by atoms with Crippen LogP contribution in [0.2, 0.25) is 0 Å². The molecule has 30 heavy (non-hydrogen) atoms. The number of fused-ring (bicyclic) bond motifs is 1. The maximum absolute atomic E-state index is 13.1. The van der Waals surface area contributed by atoms with Crippen molar-refractivity contribution in [1.29, 1.82) is 0 Å². The molecule has 0 bridgehead atoms. The Balaban J connectivity index is 1.60. The molecule has 4 rings (SSSR count). The third kappa shape index (κ3) is 3.70. The number of nitrogens with one attached hydrogen (secondary N) is 2. The number of rotatable bonds is 5. The van der Waals surface area contributed by atoms with E-state index in [4.69, 9.17) is 0 Å². The second kappa shape index (κ2) is 8.25. The van der Waals surface area contributed by atoms with E-state index in [9.17, 15) is 9.59 Å². The molecule has 2 amide bonds.